The van der Waals surface area contributed by atoms with E-state index < -0.39 is 24.0 Å². The van der Waals surface area contributed by atoms with Crippen molar-refractivity contribution in [1.29, 1.82) is 0 Å². The van der Waals surface area contributed by atoms with E-state index in [-0.39, 0.29) is 44.0 Å². The zero-order valence-corrected chi connectivity index (χ0v) is 24.3. The van der Waals surface area contributed by atoms with E-state index >= 15 is 0 Å². The van der Waals surface area contributed by atoms with Gasteiger partial charge in [-0.05, 0) is 70.4 Å². The van der Waals surface area contributed by atoms with Gasteiger partial charge in [-0.25, -0.2) is 9.59 Å². The van der Waals surface area contributed by atoms with Crippen LogP contribution < -0.4 is 11.2 Å². The van der Waals surface area contributed by atoms with E-state index in [0.29, 0.717) is 43.6 Å². The standard InChI is InChI=1S/C31H42N2O9/c1-22-20-33(31(36)32(29(22)34)15-7-10-18-39-30(35)23-11-3-2-4-12-23)26-19-24(42-28-14-6-9-17-38-28)25(41-26)21-40-27-13-5-8-16-37-27/h2-4,11-12,20,24-28H,5-10,13-19,21H2,1H3/t24-,25+,26+,27?,28?/m0/s1. The Hall–Kier alpha value is -2.83. The van der Waals surface area contributed by atoms with Gasteiger partial charge in [-0.2, -0.15) is 0 Å². The van der Waals surface area contributed by atoms with Crippen LogP contribution in [0, 0.1) is 6.92 Å². The Bertz CT molecular complexity index is 1270. The molecule has 0 saturated carbocycles. The SMILES string of the molecule is Cc1cn([C@H]2C[C@H](OC3CCCCO3)[C@@H](COC3CCCCO3)O2)c(=O)n(CCCCOC(=O)c2ccccc2)c1=O. The molecule has 11 nitrogen and oxygen atoms in total. The number of hydrogen-bond donors (Lipinski definition) is 0. The van der Waals surface area contributed by atoms with Crippen molar-refractivity contribution in [3.8, 4) is 0 Å². The van der Waals surface area contributed by atoms with Gasteiger partial charge in [-0.1, -0.05) is 18.2 Å². The largest absolute Gasteiger partial charge is 0.462 e. The van der Waals surface area contributed by atoms with Gasteiger partial charge in [0, 0.05) is 37.9 Å². The zero-order chi connectivity index (χ0) is 29.3. The highest BCUT2D eigenvalue weighted by Gasteiger charge is 2.40. The van der Waals surface area contributed by atoms with Crippen molar-refractivity contribution in [2.24, 2.45) is 0 Å². The predicted octanol–water partition coefficient (Wildman–Crippen LogP) is 3.70. The molecule has 3 aliphatic rings. The van der Waals surface area contributed by atoms with E-state index in [0.717, 1.165) is 38.5 Å². The fourth-order valence-corrected chi connectivity index (χ4v) is 5.58. The van der Waals surface area contributed by atoms with Crippen LogP contribution in [0.5, 0.6) is 0 Å². The van der Waals surface area contributed by atoms with Gasteiger partial charge < -0.3 is 28.4 Å². The van der Waals surface area contributed by atoms with Crippen LogP contribution in [0.1, 0.15) is 79.9 Å². The molecule has 0 spiro atoms. The second-order valence-electron chi connectivity index (χ2n) is 11.1. The van der Waals surface area contributed by atoms with E-state index in [4.69, 9.17) is 28.4 Å². The summed E-state index contributed by atoms with van der Waals surface area (Å²) in [5.74, 6) is -0.395. The van der Waals surface area contributed by atoms with Gasteiger partial charge in [0.05, 0.1) is 24.9 Å². The van der Waals surface area contributed by atoms with Crippen molar-refractivity contribution in [2.75, 3.05) is 26.4 Å². The van der Waals surface area contributed by atoms with Gasteiger partial charge in [0.2, 0.25) is 0 Å². The topological polar surface area (TPSA) is 116 Å². The maximum atomic E-state index is 13.5. The molecule has 230 valence electrons. The molecular formula is C31H42N2O9. The molecule has 0 amide bonds. The molecule has 42 heavy (non-hydrogen) atoms. The van der Waals surface area contributed by atoms with Gasteiger partial charge in [-0.15, -0.1) is 0 Å². The molecule has 2 unspecified atom stereocenters. The normalized spacial score (nSPS) is 26.3. The third-order valence-corrected chi connectivity index (χ3v) is 7.93. The minimum absolute atomic E-state index is 0.197. The number of aryl methyl sites for hydroxylation is 1. The second-order valence-corrected chi connectivity index (χ2v) is 11.1. The highest BCUT2D eigenvalue weighted by atomic mass is 16.7. The molecule has 0 radical (unpaired) electrons. The maximum absolute atomic E-state index is 13.5. The summed E-state index contributed by atoms with van der Waals surface area (Å²) in [6.45, 7) is 3.71. The lowest BCUT2D eigenvalue weighted by molar-refractivity contribution is -0.216. The molecule has 5 rings (SSSR count). The lowest BCUT2D eigenvalue weighted by atomic mass is 10.1. The van der Waals surface area contributed by atoms with Crippen LogP contribution in [0.25, 0.3) is 0 Å². The average Bonchev–Trinajstić information content (AvgIpc) is 3.42. The molecule has 5 atom stereocenters. The van der Waals surface area contributed by atoms with E-state index in [1.165, 1.54) is 9.13 Å². The molecule has 1 aromatic carbocycles. The van der Waals surface area contributed by atoms with Gasteiger partial charge >= 0.3 is 11.7 Å². The van der Waals surface area contributed by atoms with Crippen LogP contribution >= 0.6 is 0 Å². The summed E-state index contributed by atoms with van der Waals surface area (Å²) in [5.41, 5.74) is 0.145. The van der Waals surface area contributed by atoms with Crippen LogP contribution in [0.15, 0.2) is 46.1 Å². The molecule has 11 heteroatoms. The van der Waals surface area contributed by atoms with Crippen molar-refractivity contribution in [1.82, 2.24) is 9.13 Å². The molecule has 4 heterocycles. The first-order valence-corrected chi connectivity index (χ1v) is 15.2. The molecule has 1 aromatic heterocycles. The van der Waals surface area contributed by atoms with E-state index in [1.807, 2.05) is 6.07 Å². The van der Waals surface area contributed by atoms with Gasteiger partial charge in [0.1, 0.15) is 12.3 Å². The smallest absolute Gasteiger partial charge is 0.338 e. The summed E-state index contributed by atoms with van der Waals surface area (Å²) >= 11 is 0. The highest BCUT2D eigenvalue weighted by molar-refractivity contribution is 5.89. The first kappa shape index (κ1) is 30.6. The van der Waals surface area contributed by atoms with Crippen LogP contribution in [0.2, 0.25) is 0 Å². The Balaban J connectivity index is 1.22. The third-order valence-electron chi connectivity index (χ3n) is 7.93. The summed E-state index contributed by atoms with van der Waals surface area (Å²) in [6, 6.07) is 8.77. The lowest BCUT2D eigenvalue weighted by Gasteiger charge is -2.29. The van der Waals surface area contributed by atoms with Crippen LogP contribution in [-0.4, -0.2) is 66.3 Å². The van der Waals surface area contributed by atoms with Gasteiger partial charge in [0.25, 0.3) is 5.56 Å². The average molecular weight is 587 g/mol. The molecule has 0 aliphatic carbocycles. The van der Waals surface area contributed by atoms with Crippen molar-refractivity contribution < 1.29 is 33.2 Å². The van der Waals surface area contributed by atoms with Crippen molar-refractivity contribution in [3.63, 3.8) is 0 Å². The Morgan fingerprint density at radius 1 is 0.976 bits per heavy atom. The minimum Gasteiger partial charge on any atom is -0.462 e. The highest BCUT2D eigenvalue weighted by Crippen LogP contribution is 2.33. The molecule has 0 N–H and O–H groups in total. The summed E-state index contributed by atoms with van der Waals surface area (Å²) in [5, 5.41) is 0. The third kappa shape index (κ3) is 7.96. The lowest BCUT2D eigenvalue weighted by Crippen LogP contribution is -2.42. The minimum atomic E-state index is -0.621. The summed E-state index contributed by atoms with van der Waals surface area (Å²) in [4.78, 5) is 38.6. The molecule has 0 bridgehead atoms. The zero-order valence-electron chi connectivity index (χ0n) is 24.3. The number of carbonyl (C=O) groups excluding carboxylic acids is 1. The Morgan fingerprint density at radius 2 is 1.71 bits per heavy atom. The van der Waals surface area contributed by atoms with E-state index in [9.17, 15) is 14.4 Å². The number of ether oxygens (including phenoxy) is 6. The Kier molecular flexibility index (Phi) is 11.0. The first-order chi connectivity index (χ1) is 20.5. The van der Waals surface area contributed by atoms with Crippen LogP contribution in [0.4, 0.5) is 0 Å². The first-order valence-electron chi connectivity index (χ1n) is 15.2. The van der Waals surface area contributed by atoms with Crippen molar-refractivity contribution >= 4 is 5.97 Å². The number of carbonyl (C=O) groups is 1. The number of nitrogens with zero attached hydrogens (tertiary/aromatic N) is 2. The number of hydrogen-bond acceptors (Lipinski definition) is 9. The number of esters is 1. The molecule has 3 saturated heterocycles. The van der Waals surface area contributed by atoms with Crippen molar-refractivity contribution in [3.05, 3.63) is 68.5 Å². The summed E-state index contributed by atoms with van der Waals surface area (Å²) in [7, 11) is 0. The number of rotatable bonds is 12. The Labute approximate surface area is 245 Å². The molecule has 3 aliphatic heterocycles. The van der Waals surface area contributed by atoms with Crippen molar-refractivity contribution in [2.45, 2.75) is 102 Å². The molecule has 2 aromatic rings. The monoisotopic (exact) mass is 586 g/mol. The van der Waals surface area contributed by atoms with Gasteiger partial charge in [-0.3, -0.25) is 13.9 Å². The van der Waals surface area contributed by atoms with E-state index in [1.54, 1.807) is 37.4 Å². The van der Waals surface area contributed by atoms with Crippen LogP contribution in [0.3, 0.4) is 0 Å². The molecule has 3 fully saturated rings. The van der Waals surface area contributed by atoms with Gasteiger partial charge in [0.15, 0.2) is 12.6 Å². The Morgan fingerprint density at radius 3 is 2.43 bits per heavy atom. The molecular weight excluding hydrogens is 544 g/mol. The fourth-order valence-electron chi connectivity index (χ4n) is 5.58. The number of aromatic nitrogens is 2. The second kappa shape index (κ2) is 15.1. The number of unbranched alkanes of at least 4 members (excludes halogenated alkanes) is 1. The maximum Gasteiger partial charge on any atom is 0.338 e. The van der Waals surface area contributed by atoms with E-state index in [2.05, 4.69) is 0 Å². The quantitative estimate of drug-likeness (QED) is 0.271. The number of benzene rings is 1. The summed E-state index contributed by atoms with van der Waals surface area (Å²) in [6.07, 6.45) is 6.81. The summed E-state index contributed by atoms with van der Waals surface area (Å²) < 4.78 is 38.3. The fraction of sp³-hybridized carbons (Fsp3) is 0.645. The van der Waals surface area contributed by atoms with Crippen LogP contribution in [-0.2, 0) is 35.0 Å². The predicted molar refractivity (Wildman–Crippen MR) is 152 cm³/mol.